The second kappa shape index (κ2) is 5.03. The van der Waals surface area contributed by atoms with Crippen molar-refractivity contribution in [1.29, 1.82) is 0 Å². The highest BCUT2D eigenvalue weighted by Crippen LogP contribution is 2.34. The average Bonchev–Trinajstić information content (AvgIpc) is 2.65. The summed E-state index contributed by atoms with van der Waals surface area (Å²) in [5, 5.41) is 3.80. The van der Waals surface area contributed by atoms with Crippen LogP contribution in [0.5, 0.6) is 5.75 Å². The normalized spacial score (nSPS) is 11.6. The van der Waals surface area contributed by atoms with Crippen LogP contribution in [0.25, 0.3) is 0 Å². The van der Waals surface area contributed by atoms with Crippen molar-refractivity contribution in [1.82, 2.24) is 5.16 Å². The van der Waals surface area contributed by atoms with E-state index in [0.717, 1.165) is 0 Å². The Kier molecular flexibility index (Phi) is 3.75. The predicted octanol–water partition coefficient (Wildman–Crippen LogP) is 3.37. The standard InChI is InChI=1S/C11H9Cl2NO4S/c1-6-11(7(2)17-14-6)19(15,16)18-9-5-3-4-8(12)10(9)13/h3-5H,1-2H3. The molecule has 19 heavy (non-hydrogen) atoms. The lowest BCUT2D eigenvalue weighted by atomic mass is 10.3. The molecule has 0 unspecified atom stereocenters. The molecule has 1 aromatic carbocycles. The fraction of sp³-hybridized carbons (Fsp3) is 0.182. The Morgan fingerprint density at radius 2 is 1.95 bits per heavy atom. The molecule has 0 aliphatic carbocycles. The largest absolute Gasteiger partial charge is 0.377 e. The van der Waals surface area contributed by atoms with Crippen molar-refractivity contribution in [2.24, 2.45) is 0 Å². The van der Waals surface area contributed by atoms with Crippen LogP contribution in [0.15, 0.2) is 27.6 Å². The van der Waals surface area contributed by atoms with Crippen molar-refractivity contribution in [2.75, 3.05) is 0 Å². The summed E-state index contributed by atoms with van der Waals surface area (Å²) < 4.78 is 34.1. The van der Waals surface area contributed by atoms with Gasteiger partial charge in [0.05, 0.1) is 5.02 Å². The van der Waals surface area contributed by atoms with E-state index in [9.17, 15) is 8.42 Å². The van der Waals surface area contributed by atoms with Crippen LogP contribution >= 0.6 is 23.2 Å². The van der Waals surface area contributed by atoms with Gasteiger partial charge in [-0.3, -0.25) is 0 Å². The van der Waals surface area contributed by atoms with E-state index in [4.69, 9.17) is 31.9 Å². The van der Waals surface area contributed by atoms with Gasteiger partial charge in [-0.1, -0.05) is 34.4 Å². The Hall–Kier alpha value is -1.24. The summed E-state index contributed by atoms with van der Waals surface area (Å²) in [7, 11) is -4.07. The second-order valence-electron chi connectivity index (χ2n) is 3.74. The first-order valence-corrected chi connectivity index (χ1v) is 7.30. The van der Waals surface area contributed by atoms with Gasteiger partial charge in [0, 0.05) is 0 Å². The van der Waals surface area contributed by atoms with Crippen molar-refractivity contribution in [2.45, 2.75) is 18.7 Å². The number of aryl methyl sites for hydroxylation is 2. The number of nitrogens with zero attached hydrogens (tertiary/aromatic N) is 1. The molecule has 2 rings (SSSR count). The molecule has 1 aromatic heterocycles. The maximum atomic E-state index is 12.1. The highest BCUT2D eigenvalue weighted by molar-refractivity contribution is 7.87. The molecule has 102 valence electrons. The molecule has 0 fully saturated rings. The van der Waals surface area contributed by atoms with E-state index in [1.165, 1.54) is 32.0 Å². The first-order valence-electron chi connectivity index (χ1n) is 5.14. The van der Waals surface area contributed by atoms with Gasteiger partial charge in [0.2, 0.25) is 0 Å². The highest BCUT2D eigenvalue weighted by atomic mass is 35.5. The maximum Gasteiger partial charge on any atom is 0.344 e. The van der Waals surface area contributed by atoms with Gasteiger partial charge in [0.1, 0.15) is 10.7 Å². The zero-order valence-electron chi connectivity index (χ0n) is 9.98. The number of hydrogen-bond donors (Lipinski definition) is 0. The van der Waals surface area contributed by atoms with E-state index >= 15 is 0 Å². The molecule has 1 heterocycles. The molecule has 0 atom stereocenters. The van der Waals surface area contributed by atoms with Crippen LogP contribution in [0.2, 0.25) is 10.0 Å². The van der Waals surface area contributed by atoms with E-state index in [-0.39, 0.29) is 32.1 Å². The zero-order valence-corrected chi connectivity index (χ0v) is 12.3. The SMILES string of the molecule is Cc1noc(C)c1S(=O)(=O)Oc1cccc(Cl)c1Cl. The molecule has 2 aromatic rings. The predicted molar refractivity (Wildman–Crippen MR) is 70.3 cm³/mol. The number of benzene rings is 1. The third-order valence-corrected chi connectivity index (χ3v) is 4.62. The third kappa shape index (κ3) is 2.70. The van der Waals surface area contributed by atoms with Gasteiger partial charge in [-0.2, -0.15) is 8.42 Å². The summed E-state index contributed by atoms with van der Waals surface area (Å²) in [5.41, 5.74) is 0.218. The fourth-order valence-electron chi connectivity index (χ4n) is 1.54. The maximum absolute atomic E-state index is 12.1. The Morgan fingerprint density at radius 3 is 2.53 bits per heavy atom. The van der Waals surface area contributed by atoms with E-state index in [1.807, 2.05) is 0 Å². The second-order valence-corrected chi connectivity index (χ2v) is 6.01. The molecule has 0 aliphatic heterocycles. The number of aromatic nitrogens is 1. The molecule has 0 spiro atoms. The molecule has 0 amide bonds. The van der Waals surface area contributed by atoms with Crippen LogP contribution in [0, 0.1) is 13.8 Å². The monoisotopic (exact) mass is 321 g/mol. The summed E-state index contributed by atoms with van der Waals surface area (Å²) in [6.45, 7) is 2.99. The van der Waals surface area contributed by atoms with E-state index in [1.54, 1.807) is 0 Å². The smallest absolute Gasteiger partial charge is 0.344 e. The van der Waals surface area contributed by atoms with Crippen molar-refractivity contribution in [3.05, 3.63) is 39.7 Å². The number of hydrogen-bond acceptors (Lipinski definition) is 5. The lowest BCUT2D eigenvalue weighted by Gasteiger charge is -2.08. The van der Waals surface area contributed by atoms with Crippen molar-refractivity contribution < 1.29 is 17.1 Å². The number of rotatable bonds is 3. The van der Waals surface area contributed by atoms with Gasteiger partial charge in [0.25, 0.3) is 0 Å². The minimum Gasteiger partial charge on any atom is -0.377 e. The van der Waals surface area contributed by atoms with Crippen molar-refractivity contribution in [3.63, 3.8) is 0 Å². The fourth-order valence-corrected chi connectivity index (χ4v) is 3.16. The summed E-state index contributed by atoms with van der Waals surface area (Å²) in [6, 6.07) is 4.47. The lowest BCUT2D eigenvalue weighted by molar-refractivity contribution is 0.390. The summed E-state index contributed by atoms with van der Waals surface area (Å²) in [5.74, 6) is 0.102. The Balaban J connectivity index is 2.46. The van der Waals surface area contributed by atoms with Crippen LogP contribution in [0.1, 0.15) is 11.5 Å². The molecule has 0 bridgehead atoms. The number of halogens is 2. The molecule has 8 heteroatoms. The molecule has 0 saturated heterocycles. The molecular weight excluding hydrogens is 313 g/mol. The van der Waals surface area contributed by atoms with Crippen LogP contribution < -0.4 is 4.18 Å². The van der Waals surface area contributed by atoms with Gasteiger partial charge in [-0.05, 0) is 26.0 Å². The molecule has 0 N–H and O–H groups in total. The Bertz CT molecular complexity index is 705. The summed E-state index contributed by atoms with van der Waals surface area (Å²) in [4.78, 5) is -0.108. The van der Waals surface area contributed by atoms with Crippen LogP contribution in [0.4, 0.5) is 0 Å². The van der Waals surface area contributed by atoms with Gasteiger partial charge in [0.15, 0.2) is 16.4 Å². The van der Waals surface area contributed by atoms with Crippen molar-refractivity contribution in [3.8, 4) is 5.75 Å². The van der Waals surface area contributed by atoms with Crippen LogP contribution in [0.3, 0.4) is 0 Å². The zero-order chi connectivity index (χ0) is 14.2. The Morgan fingerprint density at radius 1 is 1.26 bits per heavy atom. The average molecular weight is 322 g/mol. The topological polar surface area (TPSA) is 69.4 Å². The summed E-state index contributed by atoms with van der Waals surface area (Å²) >= 11 is 11.7. The highest BCUT2D eigenvalue weighted by Gasteiger charge is 2.27. The first-order chi connectivity index (χ1) is 8.83. The van der Waals surface area contributed by atoms with Crippen LogP contribution in [-0.2, 0) is 10.1 Å². The molecule has 0 saturated carbocycles. The minimum atomic E-state index is -4.07. The van der Waals surface area contributed by atoms with E-state index in [0.29, 0.717) is 0 Å². The molecule has 0 radical (unpaired) electrons. The molecule has 0 aliphatic rings. The quantitative estimate of drug-likeness (QED) is 0.810. The van der Waals surface area contributed by atoms with Gasteiger partial charge in [-0.25, -0.2) is 0 Å². The lowest BCUT2D eigenvalue weighted by Crippen LogP contribution is -2.11. The Labute approximate surface area is 120 Å². The molecular formula is C11H9Cl2NO4S. The third-order valence-electron chi connectivity index (χ3n) is 2.33. The minimum absolute atomic E-state index is 0.0273. The molecule has 5 nitrogen and oxygen atoms in total. The summed E-state index contributed by atoms with van der Waals surface area (Å²) in [6.07, 6.45) is 0. The van der Waals surface area contributed by atoms with Crippen molar-refractivity contribution >= 4 is 33.3 Å². The van der Waals surface area contributed by atoms with E-state index < -0.39 is 10.1 Å². The van der Waals surface area contributed by atoms with Gasteiger partial charge >= 0.3 is 10.1 Å². The first kappa shape index (κ1) is 14.2. The van der Waals surface area contributed by atoms with Gasteiger partial charge < -0.3 is 8.71 Å². The van der Waals surface area contributed by atoms with Crippen LogP contribution in [-0.4, -0.2) is 13.6 Å². The van der Waals surface area contributed by atoms with E-state index in [2.05, 4.69) is 5.16 Å². The van der Waals surface area contributed by atoms with Gasteiger partial charge in [-0.15, -0.1) is 0 Å².